The molecule has 0 radical (unpaired) electrons. The third-order valence-electron chi connectivity index (χ3n) is 5.60. The van der Waals surface area contributed by atoms with Crippen LogP contribution in [0, 0.1) is 0 Å². The maximum atomic E-state index is 13.4. The van der Waals surface area contributed by atoms with Gasteiger partial charge in [0.15, 0.2) is 4.80 Å². The fourth-order valence-electron chi connectivity index (χ4n) is 4.07. The molecular weight excluding hydrogens is 434 g/mol. The predicted octanol–water partition coefficient (Wildman–Crippen LogP) is 6.41. The molecule has 6 aromatic rings. The molecule has 0 N–H and O–H groups in total. The summed E-state index contributed by atoms with van der Waals surface area (Å²) in [6.07, 6.45) is 0. The van der Waals surface area contributed by atoms with Crippen LogP contribution < -0.4 is 4.80 Å². The van der Waals surface area contributed by atoms with E-state index in [0.717, 1.165) is 37.1 Å². The third kappa shape index (κ3) is 3.07. The second kappa shape index (κ2) is 7.51. The number of aryl methyl sites for hydroxylation is 1. The minimum atomic E-state index is -0.257. The fraction of sp³-hybridized carbons (Fsp3) is 0.0385. The molecule has 154 valence electrons. The van der Waals surface area contributed by atoms with E-state index >= 15 is 0 Å². The van der Waals surface area contributed by atoms with Crippen LogP contribution in [0.3, 0.4) is 0 Å². The van der Waals surface area contributed by atoms with E-state index in [4.69, 9.17) is 4.98 Å². The molecule has 0 saturated carbocycles. The zero-order valence-electron chi connectivity index (χ0n) is 17.1. The van der Waals surface area contributed by atoms with Crippen molar-refractivity contribution >= 4 is 60.5 Å². The second-order valence-electron chi connectivity index (χ2n) is 7.54. The lowest BCUT2D eigenvalue weighted by molar-refractivity contribution is 0.0999. The number of para-hydroxylation sites is 1. The van der Waals surface area contributed by atoms with Gasteiger partial charge in [-0.1, -0.05) is 65.9 Å². The number of thiazole rings is 1. The molecule has 0 aliphatic rings. The number of hydrogen-bond acceptors (Lipinski definition) is 4. The third-order valence-corrected chi connectivity index (χ3v) is 7.59. The number of carbonyl (C=O) groups excluding carboxylic acids is 1. The number of fused-ring (bicyclic) bond motifs is 4. The Balaban J connectivity index is 1.56. The van der Waals surface area contributed by atoms with Crippen molar-refractivity contribution in [1.82, 2.24) is 9.55 Å². The molecule has 3 heterocycles. The van der Waals surface area contributed by atoms with Gasteiger partial charge >= 0.3 is 0 Å². The summed E-state index contributed by atoms with van der Waals surface area (Å²) < 4.78 is 3.13. The van der Waals surface area contributed by atoms with Crippen LogP contribution in [-0.4, -0.2) is 15.5 Å². The van der Waals surface area contributed by atoms with Crippen LogP contribution in [0.15, 0.2) is 89.2 Å². The van der Waals surface area contributed by atoms with E-state index in [0.29, 0.717) is 10.4 Å². The maximum Gasteiger partial charge on any atom is 0.280 e. The predicted molar refractivity (Wildman–Crippen MR) is 133 cm³/mol. The van der Waals surface area contributed by atoms with Gasteiger partial charge < -0.3 is 4.57 Å². The topological polar surface area (TPSA) is 47.2 Å². The van der Waals surface area contributed by atoms with Gasteiger partial charge in [-0.05, 0) is 35.0 Å². The molecule has 0 unspecified atom stereocenters. The second-order valence-corrected chi connectivity index (χ2v) is 9.50. The number of aromatic nitrogens is 2. The van der Waals surface area contributed by atoms with E-state index in [1.807, 2.05) is 71.6 Å². The van der Waals surface area contributed by atoms with E-state index < -0.39 is 0 Å². The van der Waals surface area contributed by atoms with Crippen molar-refractivity contribution in [3.63, 3.8) is 0 Å². The molecule has 0 aliphatic carbocycles. The van der Waals surface area contributed by atoms with Crippen molar-refractivity contribution in [1.29, 1.82) is 0 Å². The highest BCUT2D eigenvalue weighted by molar-refractivity contribution is 7.16. The summed E-state index contributed by atoms with van der Waals surface area (Å²) >= 11 is 3.14. The van der Waals surface area contributed by atoms with Crippen LogP contribution in [0.25, 0.3) is 42.5 Å². The number of thiophene rings is 1. The Kier molecular flexibility index (Phi) is 4.48. The van der Waals surface area contributed by atoms with Gasteiger partial charge in [-0.3, -0.25) is 4.79 Å². The number of amides is 1. The summed E-state index contributed by atoms with van der Waals surface area (Å²) in [4.78, 5) is 24.5. The number of rotatable bonds is 2. The molecule has 6 rings (SSSR count). The molecule has 3 aromatic heterocycles. The molecular formula is C26H17N3OS2. The van der Waals surface area contributed by atoms with Crippen LogP contribution in [-0.2, 0) is 7.05 Å². The normalized spacial score (nSPS) is 12.2. The molecule has 3 aromatic carbocycles. The lowest BCUT2D eigenvalue weighted by Crippen LogP contribution is -2.13. The smallest absolute Gasteiger partial charge is 0.280 e. The quantitative estimate of drug-likeness (QED) is 0.305. The molecule has 4 nitrogen and oxygen atoms in total. The standard InChI is InChI=1S/C26H17N3OS2/c1-29-24-17-8-3-2-7-16(17)12-13-23(24)32-26(29)28-25(30)19-15-21(22-11-6-14-31-22)27-20-10-5-4-9-18(19)20/h2-15H,1H3. The van der Waals surface area contributed by atoms with Gasteiger partial charge in [0.1, 0.15) is 0 Å². The molecule has 0 saturated heterocycles. The highest BCUT2D eigenvalue weighted by Gasteiger charge is 2.15. The summed E-state index contributed by atoms with van der Waals surface area (Å²) in [5.41, 5.74) is 3.26. The zero-order valence-corrected chi connectivity index (χ0v) is 18.8. The van der Waals surface area contributed by atoms with Gasteiger partial charge in [0, 0.05) is 17.8 Å². The van der Waals surface area contributed by atoms with E-state index in [1.54, 1.807) is 11.3 Å². The Hall–Kier alpha value is -3.61. The number of pyridine rings is 1. The van der Waals surface area contributed by atoms with Crippen molar-refractivity contribution in [3.05, 3.63) is 94.6 Å². The number of nitrogens with zero attached hydrogens (tertiary/aromatic N) is 3. The SMILES string of the molecule is Cn1c(=NC(=O)c2cc(-c3cccs3)nc3ccccc23)sc2ccc3ccccc3c21. The van der Waals surface area contributed by atoms with Crippen molar-refractivity contribution < 1.29 is 4.79 Å². The summed E-state index contributed by atoms with van der Waals surface area (Å²) in [7, 11) is 1.97. The van der Waals surface area contributed by atoms with Gasteiger partial charge in [0.05, 0.1) is 31.9 Å². The lowest BCUT2D eigenvalue weighted by Gasteiger charge is -2.06. The Morgan fingerprint density at radius 2 is 1.75 bits per heavy atom. The van der Waals surface area contributed by atoms with Crippen LogP contribution >= 0.6 is 22.7 Å². The first kappa shape index (κ1) is 19.1. The van der Waals surface area contributed by atoms with E-state index in [-0.39, 0.29) is 5.91 Å². The zero-order chi connectivity index (χ0) is 21.7. The molecule has 32 heavy (non-hydrogen) atoms. The summed E-state index contributed by atoms with van der Waals surface area (Å²) in [6.45, 7) is 0. The maximum absolute atomic E-state index is 13.4. The van der Waals surface area contributed by atoms with Crippen molar-refractivity contribution in [2.75, 3.05) is 0 Å². The number of benzene rings is 3. The van der Waals surface area contributed by atoms with Crippen molar-refractivity contribution in [3.8, 4) is 10.6 Å². The highest BCUT2D eigenvalue weighted by Crippen LogP contribution is 2.29. The Morgan fingerprint density at radius 1 is 0.938 bits per heavy atom. The largest absolute Gasteiger partial charge is 0.319 e. The summed E-state index contributed by atoms with van der Waals surface area (Å²) in [5, 5.41) is 5.16. The lowest BCUT2D eigenvalue weighted by atomic mass is 10.1. The molecule has 6 heteroatoms. The van der Waals surface area contributed by atoms with Gasteiger partial charge in [0.25, 0.3) is 5.91 Å². The van der Waals surface area contributed by atoms with Crippen molar-refractivity contribution in [2.24, 2.45) is 12.0 Å². The van der Waals surface area contributed by atoms with Crippen LogP contribution in [0.4, 0.5) is 0 Å². The molecule has 0 spiro atoms. The number of hydrogen-bond donors (Lipinski definition) is 0. The average Bonchev–Trinajstić information content (AvgIpc) is 3.47. The summed E-state index contributed by atoms with van der Waals surface area (Å²) in [5.74, 6) is -0.257. The first-order chi connectivity index (χ1) is 15.7. The molecule has 0 aliphatic heterocycles. The van der Waals surface area contributed by atoms with E-state index in [2.05, 4.69) is 29.3 Å². The van der Waals surface area contributed by atoms with Crippen LogP contribution in [0.1, 0.15) is 10.4 Å². The minimum absolute atomic E-state index is 0.257. The Labute approximate surface area is 191 Å². The van der Waals surface area contributed by atoms with Crippen LogP contribution in [0.5, 0.6) is 0 Å². The van der Waals surface area contributed by atoms with Gasteiger partial charge in [-0.2, -0.15) is 4.99 Å². The first-order valence-corrected chi connectivity index (χ1v) is 11.9. The van der Waals surface area contributed by atoms with E-state index in [1.165, 1.54) is 16.7 Å². The monoisotopic (exact) mass is 451 g/mol. The first-order valence-electron chi connectivity index (χ1n) is 10.2. The summed E-state index contributed by atoms with van der Waals surface area (Å²) in [6, 6.07) is 26.1. The molecule has 0 fully saturated rings. The Bertz CT molecular complexity index is 1710. The van der Waals surface area contributed by atoms with Gasteiger partial charge in [-0.15, -0.1) is 11.3 Å². The molecule has 1 amide bonds. The van der Waals surface area contributed by atoms with Gasteiger partial charge in [0.2, 0.25) is 0 Å². The van der Waals surface area contributed by atoms with Crippen molar-refractivity contribution in [2.45, 2.75) is 0 Å². The fourth-order valence-corrected chi connectivity index (χ4v) is 5.79. The average molecular weight is 452 g/mol. The van der Waals surface area contributed by atoms with Crippen LogP contribution in [0.2, 0.25) is 0 Å². The Morgan fingerprint density at radius 3 is 2.59 bits per heavy atom. The number of carbonyl (C=O) groups is 1. The highest BCUT2D eigenvalue weighted by atomic mass is 32.1. The van der Waals surface area contributed by atoms with Gasteiger partial charge in [-0.25, -0.2) is 4.98 Å². The van der Waals surface area contributed by atoms with E-state index in [9.17, 15) is 4.79 Å². The molecule has 0 bridgehead atoms. The minimum Gasteiger partial charge on any atom is -0.319 e. The molecule has 0 atom stereocenters.